The molecule has 9 nitrogen and oxygen atoms in total. The predicted molar refractivity (Wildman–Crippen MR) is 261 cm³/mol. The highest BCUT2D eigenvalue weighted by atomic mass is 31.2. The number of ether oxygens (including phenoxy) is 2. The molecule has 0 fully saturated rings. The van der Waals surface area contributed by atoms with Gasteiger partial charge in [0.05, 0.1) is 27.7 Å². The second-order valence-corrected chi connectivity index (χ2v) is 21.1. The number of hydrogen-bond donors (Lipinski definition) is 1. The second kappa shape index (κ2) is 45.2. The average molecular weight is 903 g/mol. The number of nitrogens with zero attached hydrogens (tertiary/aromatic N) is 1. The van der Waals surface area contributed by atoms with Gasteiger partial charge in [-0.3, -0.25) is 18.6 Å². The lowest BCUT2D eigenvalue weighted by atomic mass is 10.0. The van der Waals surface area contributed by atoms with Gasteiger partial charge in [0.15, 0.2) is 6.10 Å². The molecule has 0 aliphatic heterocycles. The fourth-order valence-corrected chi connectivity index (χ4v) is 8.70. The summed E-state index contributed by atoms with van der Waals surface area (Å²) in [6.07, 6.45) is 48.7. The zero-order chi connectivity index (χ0) is 45.7. The monoisotopic (exact) mass is 903 g/mol. The molecule has 10 heteroatoms. The lowest BCUT2D eigenvalue weighted by molar-refractivity contribution is -0.870. The number of esters is 2. The fourth-order valence-electron chi connectivity index (χ4n) is 7.96. The highest BCUT2D eigenvalue weighted by Gasteiger charge is 2.27. The third-order valence-electron chi connectivity index (χ3n) is 12.1. The Labute approximate surface area is 384 Å². The molecule has 2 unspecified atom stereocenters. The van der Waals surface area contributed by atoms with E-state index >= 15 is 0 Å². The van der Waals surface area contributed by atoms with Gasteiger partial charge in [-0.2, -0.15) is 0 Å². The van der Waals surface area contributed by atoms with Crippen molar-refractivity contribution in [3.8, 4) is 0 Å². The van der Waals surface area contributed by atoms with Crippen LogP contribution in [0.1, 0.15) is 271 Å². The van der Waals surface area contributed by atoms with Crippen LogP contribution in [-0.4, -0.2) is 74.9 Å². The SMILES string of the molecule is CCCCCCCCCCCCCCCCCCCCCCC(=O)OC(COC(=O)CCCCCCCCCCCCCCCCCCCC)COP(=O)(O)OCC[N+](C)(C)C. The Bertz CT molecular complexity index is 1020. The summed E-state index contributed by atoms with van der Waals surface area (Å²) in [6, 6.07) is 0. The van der Waals surface area contributed by atoms with E-state index in [1.54, 1.807) is 0 Å². The number of likely N-dealkylation sites (N-methyl/N-ethyl adjacent to an activating group) is 1. The van der Waals surface area contributed by atoms with Crippen LogP contribution in [0.2, 0.25) is 0 Å². The summed E-state index contributed by atoms with van der Waals surface area (Å²) >= 11 is 0. The summed E-state index contributed by atoms with van der Waals surface area (Å²) in [7, 11) is 1.50. The van der Waals surface area contributed by atoms with Crippen molar-refractivity contribution >= 4 is 19.8 Å². The van der Waals surface area contributed by atoms with Gasteiger partial charge < -0.3 is 18.9 Å². The molecule has 0 aliphatic carbocycles. The number of quaternary nitrogens is 1. The second-order valence-electron chi connectivity index (χ2n) is 19.6. The van der Waals surface area contributed by atoms with Gasteiger partial charge in [0.2, 0.25) is 0 Å². The first kappa shape index (κ1) is 61.0. The number of unbranched alkanes of at least 4 members (excludes halogenated alkanes) is 36. The topological polar surface area (TPSA) is 108 Å². The Morgan fingerprint density at radius 3 is 1.03 bits per heavy atom. The smallest absolute Gasteiger partial charge is 0.462 e. The zero-order valence-electron chi connectivity index (χ0n) is 41.9. The Balaban J connectivity index is 4.17. The molecule has 0 saturated heterocycles. The third kappa shape index (κ3) is 48.5. The van der Waals surface area contributed by atoms with Crippen molar-refractivity contribution in [3.63, 3.8) is 0 Å². The Hall–Kier alpha value is -0.990. The first-order valence-corrected chi connectivity index (χ1v) is 28.3. The number of phosphoric acid groups is 1. The van der Waals surface area contributed by atoms with Gasteiger partial charge in [0, 0.05) is 12.8 Å². The number of carbonyl (C=O) groups is 2. The summed E-state index contributed by atoms with van der Waals surface area (Å²) in [5.74, 6) is -0.776. The van der Waals surface area contributed by atoms with E-state index in [-0.39, 0.29) is 25.6 Å². The van der Waals surface area contributed by atoms with Crippen molar-refractivity contribution in [3.05, 3.63) is 0 Å². The van der Waals surface area contributed by atoms with Gasteiger partial charge in [-0.25, -0.2) is 4.57 Å². The molecule has 1 N–H and O–H groups in total. The van der Waals surface area contributed by atoms with Crippen molar-refractivity contribution in [2.24, 2.45) is 0 Å². The molecular formula is C52H105NO8P+. The highest BCUT2D eigenvalue weighted by molar-refractivity contribution is 7.47. The zero-order valence-corrected chi connectivity index (χ0v) is 42.8. The Morgan fingerprint density at radius 2 is 0.726 bits per heavy atom. The van der Waals surface area contributed by atoms with Crippen LogP contribution in [0.15, 0.2) is 0 Å². The van der Waals surface area contributed by atoms with Crippen LogP contribution in [0.5, 0.6) is 0 Å². The first-order valence-electron chi connectivity index (χ1n) is 26.8. The van der Waals surface area contributed by atoms with E-state index in [4.69, 9.17) is 18.5 Å². The van der Waals surface area contributed by atoms with Gasteiger partial charge in [-0.15, -0.1) is 0 Å². The molecule has 62 heavy (non-hydrogen) atoms. The number of rotatable bonds is 50. The van der Waals surface area contributed by atoms with Gasteiger partial charge in [0.1, 0.15) is 19.8 Å². The molecule has 0 radical (unpaired) electrons. The Kier molecular flexibility index (Phi) is 44.5. The predicted octanol–water partition coefficient (Wildman–Crippen LogP) is 15.9. The minimum absolute atomic E-state index is 0.0373. The minimum atomic E-state index is -4.37. The number of hydrogen-bond acceptors (Lipinski definition) is 7. The van der Waals surface area contributed by atoms with Crippen molar-refractivity contribution in [1.82, 2.24) is 0 Å². The summed E-state index contributed by atoms with van der Waals surface area (Å²) < 4.78 is 34.5. The Morgan fingerprint density at radius 1 is 0.435 bits per heavy atom. The van der Waals surface area contributed by atoms with Gasteiger partial charge >= 0.3 is 19.8 Å². The van der Waals surface area contributed by atoms with E-state index in [1.807, 2.05) is 21.1 Å². The number of phosphoric ester groups is 1. The molecule has 0 aromatic heterocycles. The molecule has 370 valence electrons. The normalized spacial score (nSPS) is 13.3. The molecule has 0 aromatic rings. The summed E-state index contributed by atoms with van der Waals surface area (Å²) in [6.45, 7) is 4.50. The van der Waals surface area contributed by atoms with Crippen LogP contribution in [-0.2, 0) is 32.7 Å². The molecular weight excluding hydrogens is 798 g/mol. The molecule has 0 saturated carbocycles. The molecule has 0 aliphatic rings. The van der Waals surface area contributed by atoms with Crippen LogP contribution in [0, 0.1) is 0 Å². The van der Waals surface area contributed by atoms with E-state index < -0.39 is 26.5 Å². The quantitative estimate of drug-likeness (QED) is 0.0278. The van der Waals surface area contributed by atoms with Crippen LogP contribution in [0.3, 0.4) is 0 Å². The fraction of sp³-hybridized carbons (Fsp3) is 0.962. The van der Waals surface area contributed by atoms with E-state index in [1.165, 1.54) is 205 Å². The summed E-state index contributed by atoms with van der Waals surface area (Å²) in [4.78, 5) is 35.6. The van der Waals surface area contributed by atoms with Gasteiger partial charge in [-0.05, 0) is 12.8 Å². The van der Waals surface area contributed by atoms with Crippen molar-refractivity contribution in [1.29, 1.82) is 0 Å². The number of carbonyl (C=O) groups excluding carboxylic acids is 2. The maximum absolute atomic E-state index is 12.8. The van der Waals surface area contributed by atoms with E-state index in [2.05, 4.69) is 13.8 Å². The average Bonchev–Trinajstić information content (AvgIpc) is 3.23. The standard InChI is InChI=1S/C52H104NO8P/c1-6-8-10-12-14-16-18-20-22-24-26-27-29-31-33-35-37-39-41-43-45-52(55)61-50(49-60-62(56,57)59-47-46-53(3,4)5)48-58-51(54)44-42-40-38-36-34-32-30-28-25-23-21-19-17-15-13-11-9-7-2/h50H,6-49H2,1-5H3/p+1. The minimum Gasteiger partial charge on any atom is -0.462 e. The maximum atomic E-state index is 12.8. The van der Waals surface area contributed by atoms with E-state index in [9.17, 15) is 19.0 Å². The molecule has 0 aromatic carbocycles. The highest BCUT2D eigenvalue weighted by Crippen LogP contribution is 2.43. The van der Waals surface area contributed by atoms with Gasteiger partial charge in [-0.1, -0.05) is 245 Å². The molecule has 2 atom stereocenters. The van der Waals surface area contributed by atoms with Gasteiger partial charge in [0.25, 0.3) is 0 Å². The molecule has 0 heterocycles. The third-order valence-corrected chi connectivity index (χ3v) is 13.1. The lowest BCUT2D eigenvalue weighted by Crippen LogP contribution is -2.37. The van der Waals surface area contributed by atoms with Crippen LogP contribution in [0.4, 0.5) is 0 Å². The maximum Gasteiger partial charge on any atom is 0.472 e. The van der Waals surface area contributed by atoms with Crippen LogP contribution < -0.4 is 0 Å². The summed E-state index contributed by atoms with van der Waals surface area (Å²) in [5.41, 5.74) is 0. The van der Waals surface area contributed by atoms with Crippen molar-refractivity contribution in [2.45, 2.75) is 277 Å². The first-order chi connectivity index (χ1) is 30.0. The molecule has 0 rings (SSSR count). The lowest BCUT2D eigenvalue weighted by Gasteiger charge is -2.24. The van der Waals surface area contributed by atoms with Crippen molar-refractivity contribution < 1.29 is 42.1 Å². The summed E-state index contributed by atoms with van der Waals surface area (Å²) in [5, 5.41) is 0. The largest absolute Gasteiger partial charge is 0.472 e. The van der Waals surface area contributed by atoms with Crippen LogP contribution >= 0.6 is 7.82 Å². The molecule has 0 bridgehead atoms. The van der Waals surface area contributed by atoms with Crippen LogP contribution in [0.25, 0.3) is 0 Å². The molecule has 0 amide bonds. The van der Waals surface area contributed by atoms with E-state index in [0.29, 0.717) is 17.4 Å². The molecule has 0 spiro atoms. The van der Waals surface area contributed by atoms with E-state index in [0.717, 1.165) is 38.5 Å². The van der Waals surface area contributed by atoms with Crippen molar-refractivity contribution in [2.75, 3.05) is 47.5 Å².